The van der Waals surface area contributed by atoms with Crippen molar-refractivity contribution >= 4 is 5.91 Å². The molecule has 3 heteroatoms. The first-order valence-corrected chi connectivity index (χ1v) is 7.17. The molecule has 0 aromatic rings. The molecule has 0 heterocycles. The summed E-state index contributed by atoms with van der Waals surface area (Å²) in [5, 5.41) is 6.02. The second kappa shape index (κ2) is 4.60. The monoisotopic (exact) mass is 236 g/mol. The first-order chi connectivity index (χ1) is 8.26. The zero-order valence-corrected chi connectivity index (χ0v) is 10.7. The maximum absolute atomic E-state index is 11.2. The van der Waals surface area contributed by atoms with Crippen molar-refractivity contribution in [1.29, 1.82) is 0 Å². The minimum atomic E-state index is 0.105. The van der Waals surface area contributed by atoms with Gasteiger partial charge in [-0.1, -0.05) is 0 Å². The van der Waals surface area contributed by atoms with Crippen molar-refractivity contribution in [3.63, 3.8) is 0 Å². The lowest BCUT2D eigenvalue weighted by Crippen LogP contribution is -2.49. The van der Waals surface area contributed by atoms with E-state index >= 15 is 0 Å². The topological polar surface area (TPSA) is 41.1 Å². The number of likely N-dealkylation sites (N-methyl/N-ethyl adjacent to an activating group) is 1. The number of nitrogens with one attached hydrogen (secondary N) is 2. The zero-order valence-electron chi connectivity index (χ0n) is 10.7. The molecular formula is C14H24N2O. The fourth-order valence-electron chi connectivity index (χ4n) is 4.81. The molecular weight excluding hydrogens is 212 g/mol. The van der Waals surface area contributed by atoms with Crippen LogP contribution in [0.15, 0.2) is 0 Å². The molecule has 4 aliphatic rings. The van der Waals surface area contributed by atoms with Crippen LogP contribution in [0.4, 0.5) is 0 Å². The molecule has 0 radical (unpaired) electrons. The number of carbonyl (C=O) groups excluding carboxylic acids is 1. The van der Waals surface area contributed by atoms with Crippen LogP contribution in [0.5, 0.6) is 0 Å². The van der Waals surface area contributed by atoms with Gasteiger partial charge in [0.05, 0.1) is 6.54 Å². The van der Waals surface area contributed by atoms with Crippen LogP contribution in [-0.2, 0) is 4.79 Å². The Bertz CT molecular complexity index is 275. The van der Waals surface area contributed by atoms with Gasteiger partial charge in [0.2, 0.25) is 5.91 Å². The van der Waals surface area contributed by atoms with Gasteiger partial charge in [0.15, 0.2) is 0 Å². The van der Waals surface area contributed by atoms with E-state index in [9.17, 15) is 4.79 Å². The molecule has 0 atom stereocenters. The summed E-state index contributed by atoms with van der Waals surface area (Å²) in [7, 11) is 1.70. The molecule has 0 saturated heterocycles. The molecule has 0 unspecified atom stereocenters. The van der Waals surface area contributed by atoms with Crippen LogP contribution in [-0.4, -0.2) is 26.0 Å². The Balaban J connectivity index is 1.52. The molecule has 4 aliphatic carbocycles. The third-order valence-corrected chi connectivity index (χ3v) is 5.37. The third-order valence-electron chi connectivity index (χ3n) is 5.37. The largest absolute Gasteiger partial charge is 0.358 e. The van der Waals surface area contributed by atoms with Crippen molar-refractivity contribution in [1.82, 2.24) is 10.6 Å². The summed E-state index contributed by atoms with van der Waals surface area (Å²) in [6, 6.07) is 0. The van der Waals surface area contributed by atoms with Gasteiger partial charge in [-0.3, -0.25) is 4.79 Å². The Morgan fingerprint density at radius 1 is 1.06 bits per heavy atom. The van der Waals surface area contributed by atoms with Crippen LogP contribution in [0.3, 0.4) is 0 Å². The number of hydrogen-bond acceptors (Lipinski definition) is 2. The minimum absolute atomic E-state index is 0.105. The minimum Gasteiger partial charge on any atom is -0.358 e. The summed E-state index contributed by atoms with van der Waals surface area (Å²) in [5.41, 5.74) is 0. The molecule has 17 heavy (non-hydrogen) atoms. The zero-order chi connectivity index (χ0) is 11.8. The van der Waals surface area contributed by atoms with Gasteiger partial charge < -0.3 is 10.6 Å². The molecule has 2 N–H and O–H groups in total. The van der Waals surface area contributed by atoms with Crippen LogP contribution in [0.2, 0.25) is 0 Å². The fourth-order valence-corrected chi connectivity index (χ4v) is 4.81. The van der Waals surface area contributed by atoms with E-state index in [-0.39, 0.29) is 5.91 Å². The average Bonchev–Trinajstić information content (AvgIpc) is 2.31. The first-order valence-electron chi connectivity index (χ1n) is 7.17. The quantitative estimate of drug-likeness (QED) is 0.774. The van der Waals surface area contributed by atoms with Crippen molar-refractivity contribution < 1.29 is 4.79 Å². The molecule has 4 saturated carbocycles. The molecule has 96 valence electrons. The Hall–Kier alpha value is -0.570. The third kappa shape index (κ3) is 2.22. The molecule has 0 spiro atoms. The summed E-state index contributed by atoms with van der Waals surface area (Å²) >= 11 is 0. The lowest BCUT2D eigenvalue weighted by Gasteiger charge is -2.54. The van der Waals surface area contributed by atoms with Crippen LogP contribution in [0.1, 0.15) is 32.1 Å². The number of carbonyl (C=O) groups is 1. The summed E-state index contributed by atoms with van der Waals surface area (Å²) in [6.45, 7) is 1.54. The molecule has 0 aromatic heterocycles. The van der Waals surface area contributed by atoms with E-state index in [1.807, 2.05) is 0 Å². The van der Waals surface area contributed by atoms with Crippen molar-refractivity contribution in [2.24, 2.45) is 29.6 Å². The molecule has 0 aliphatic heterocycles. The molecule has 4 rings (SSSR count). The number of amides is 1. The predicted molar refractivity (Wildman–Crippen MR) is 67.5 cm³/mol. The van der Waals surface area contributed by atoms with Gasteiger partial charge in [0, 0.05) is 7.05 Å². The van der Waals surface area contributed by atoms with E-state index in [2.05, 4.69) is 10.6 Å². The van der Waals surface area contributed by atoms with Gasteiger partial charge >= 0.3 is 0 Å². The highest BCUT2D eigenvalue weighted by Gasteiger charge is 2.47. The predicted octanol–water partition coefficient (Wildman–Crippen LogP) is 1.39. The molecule has 1 amide bonds. The van der Waals surface area contributed by atoms with Crippen molar-refractivity contribution in [3.8, 4) is 0 Å². The van der Waals surface area contributed by atoms with Crippen LogP contribution in [0.25, 0.3) is 0 Å². The molecule has 0 aromatic carbocycles. The van der Waals surface area contributed by atoms with Crippen molar-refractivity contribution in [2.75, 3.05) is 20.1 Å². The van der Waals surface area contributed by atoms with Crippen LogP contribution >= 0.6 is 0 Å². The smallest absolute Gasteiger partial charge is 0.233 e. The highest BCUT2D eigenvalue weighted by molar-refractivity contribution is 5.77. The maximum atomic E-state index is 11.2. The first kappa shape index (κ1) is 11.5. The van der Waals surface area contributed by atoms with Gasteiger partial charge in [0.1, 0.15) is 0 Å². The van der Waals surface area contributed by atoms with Gasteiger partial charge in [0.25, 0.3) is 0 Å². The Kier molecular flexibility index (Phi) is 3.12. The standard InChI is InChI=1S/C14H24N2O/c1-15-14(17)8-16-7-13-11-3-9-2-10(5-11)6-12(13)4-9/h9-13,16H,2-8H2,1H3,(H,15,17). The summed E-state index contributed by atoms with van der Waals surface area (Å²) in [5.74, 6) is 4.98. The Morgan fingerprint density at radius 2 is 1.65 bits per heavy atom. The van der Waals surface area contributed by atoms with Gasteiger partial charge in [-0.05, 0) is 68.2 Å². The molecule has 4 fully saturated rings. The normalized spacial score (nSPS) is 42.8. The Morgan fingerprint density at radius 3 is 2.18 bits per heavy atom. The lowest BCUT2D eigenvalue weighted by atomic mass is 9.52. The Labute approximate surface area is 104 Å². The molecule has 3 nitrogen and oxygen atoms in total. The van der Waals surface area contributed by atoms with Crippen molar-refractivity contribution in [2.45, 2.75) is 32.1 Å². The summed E-state index contributed by atoms with van der Waals surface area (Å²) < 4.78 is 0. The summed E-state index contributed by atoms with van der Waals surface area (Å²) in [4.78, 5) is 11.2. The number of rotatable bonds is 4. The van der Waals surface area contributed by atoms with E-state index in [4.69, 9.17) is 0 Å². The highest BCUT2D eigenvalue weighted by atomic mass is 16.1. The lowest BCUT2D eigenvalue weighted by molar-refractivity contribution is -0.120. The van der Waals surface area contributed by atoms with E-state index in [0.29, 0.717) is 6.54 Å². The van der Waals surface area contributed by atoms with E-state index < -0.39 is 0 Å². The summed E-state index contributed by atoms with van der Waals surface area (Å²) in [6.07, 6.45) is 7.41. The van der Waals surface area contributed by atoms with E-state index in [1.165, 1.54) is 32.1 Å². The SMILES string of the molecule is CNC(=O)CNCC1C2CC3CC(C2)CC1C3. The number of hydrogen-bond donors (Lipinski definition) is 2. The van der Waals surface area contributed by atoms with Crippen LogP contribution < -0.4 is 10.6 Å². The van der Waals surface area contributed by atoms with E-state index in [1.54, 1.807) is 7.05 Å². The van der Waals surface area contributed by atoms with Crippen molar-refractivity contribution in [3.05, 3.63) is 0 Å². The second-order valence-electron chi connectivity index (χ2n) is 6.40. The maximum Gasteiger partial charge on any atom is 0.233 e. The van der Waals surface area contributed by atoms with Gasteiger partial charge in [-0.2, -0.15) is 0 Å². The fraction of sp³-hybridized carbons (Fsp3) is 0.929. The second-order valence-corrected chi connectivity index (χ2v) is 6.40. The average molecular weight is 236 g/mol. The highest BCUT2D eigenvalue weighted by Crippen LogP contribution is 2.56. The van der Waals surface area contributed by atoms with E-state index in [0.717, 1.165) is 36.1 Å². The van der Waals surface area contributed by atoms with Crippen LogP contribution in [0, 0.1) is 29.6 Å². The van der Waals surface area contributed by atoms with Gasteiger partial charge in [-0.15, -0.1) is 0 Å². The van der Waals surface area contributed by atoms with Gasteiger partial charge in [-0.25, -0.2) is 0 Å². The molecule has 4 bridgehead atoms.